The highest BCUT2D eigenvalue weighted by Gasteiger charge is 2.03. The van der Waals surface area contributed by atoms with Crippen LogP contribution in [-0.2, 0) is 0 Å². The van der Waals surface area contributed by atoms with Gasteiger partial charge in [-0.15, -0.1) is 0 Å². The minimum absolute atomic E-state index is 0.452. The van der Waals surface area contributed by atoms with Gasteiger partial charge in [0, 0.05) is 5.02 Å². The molecule has 0 radical (unpaired) electrons. The molecule has 0 fully saturated rings. The van der Waals surface area contributed by atoms with Gasteiger partial charge in [0.1, 0.15) is 5.75 Å². The molecular weight excluding hydrogens is 303 g/mol. The van der Waals surface area contributed by atoms with E-state index >= 15 is 0 Å². The van der Waals surface area contributed by atoms with Crippen LogP contribution in [0, 0.1) is 0 Å². The minimum Gasteiger partial charge on any atom is -0.497 e. The second-order valence-electron chi connectivity index (χ2n) is 3.89. The van der Waals surface area contributed by atoms with Gasteiger partial charge in [0.05, 0.1) is 17.2 Å². The van der Waals surface area contributed by atoms with E-state index in [0.717, 1.165) is 16.9 Å². The Kier molecular flexibility index (Phi) is 4.76. The van der Waals surface area contributed by atoms with Crippen molar-refractivity contribution >= 4 is 47.0 Å². The smallest absolute Gasteiger partial charge is 0.118 e. The summed E-state index contributed by atoms with van der Waals surface area (Å²) in [6.07, 6.45) is 3.84. The third kappa shape index (κ3) is 3.66. The number of rotatable bonds is 3. The van der Waals surface area contributed by atoms with Gasteiger partial charge in [0.25, 0.3) is 0 Å². The molecular formula is C15H11Cl3O. The Morgan fingerprint density at radius 1 is 0.842 bits per heavy atom. The quantitative estimate of drug-likeness (QED) is 0.512. The molecule has 0 aromatic heterocycles. The Morgan fingerprint density at radius 3 is 2.11 bits per heavy atom. The third-order valence-electron chi connectivity index (χ3n) is 2.61. The standard InChI is InChI=1S/C15H11Cl3O/c1-19-12-6-3-10(4-7-12)2-5-11-8-14(17)15(18)9-13(11)16/h2-9H,1H3. The van der Waals surface area contributed by atoms with Gasteiger partial charge in [0.15, 0.2) is 0 Å². The fraction of sp³-hybridized carbons (Fsp3) is 0.0667. The lowest BCUT2D eigenvalue weighted by molar-refractivity contribution is 0.415. The first-order valence-electron chi connectivity index (χ1n) is 5.57. The molecule has 2 rings (SSSR count). The number of halogens is 3. The fourth-order valence-electron chi connectivity index (χ4n) is 1.57. The molecule has 98 valence electrons. The first kappa shape index (κ1) is 14.3. The van der Waals surface area contributed by atoms with E-state index in [1.165, 1.54) is 0 Å². The van der Waals surface area contributed by atoms with Crippen molar-refractivity contribution < 1.29 is 4.74 Å². The zero-order chi connectivity index (χ0) is 13.8. The average Bonchev–Trinajstić information content (AvgIpc) is 2.42. The van der Waals surface area contributed by atoms with Gasteiger partial charge in [0.2, 0.25) is 0 Å². The van der Waals surface area contributed by atoms with Gasteiger partial charge < -0.3 is 4.74 Å². The molecule has 0 saturated heterocycles. The Bertz CT molecular complexity index is 604. The van der Waals surface area contributed by atoms with Crippen molar-refractivity contribution in [3.05, 3.63) is 62.6 Å². The van der Waals surface area contributed by atoms with Gasteiger partial charge in [-0.2, -0.15) is 0 Å². The topological polar surface area (TPSA) is 9.23 Å². The van der Waals surface area contributed by atoms with Gasteiger partial charge in [-0.1, -0.05) is 59.1 Å². The second-order valence-corrected chi connectivity index (χ2v) is 5.12. The summed E-state index contributed by atoms with van der Waals surface area (Å²) >= 11 is 17.9. The molecule has 0 aliphatic heterocycles. The maximum atomic E-state index is 6.10. The zero-order valence-corrected chi connectivity index (χ0v) is 12.4. The third-order valence-corrected chi connectivity index (χ3v) is 3.66. The summed E-state index contributed by atoms with van der Waals surface area (Å²) in [5.41, 5.74) is 1.87. The molecule has 2 aromatic carbocycles. The SMILES string of the molecule is COc1ccc(C=Cc2cc(Cl)c(Cl)cc2Cl)cc1. The van der Waals surface area contributed by atoms with Crippen LogP contribution in [0.3, 0.4) is 0 Å². The van der Waals surface area contributed by atoms with Crippen molar-refractivity contribution in [2.75, 3.05) is 7.11 Å². The number of hydrogen-bond donors (Lipinski definition) is 0. The molecule has 0 amide bonds. The molecule has 1 nitrogen and oxygen atoms in total. The maximum Gasteiger partial charge on any atom is 0.118 e. The predicted octanol–water partition coefficient (Wildman–Crippen LogP) is 5.83. The summed E-state index contributed by atoms with van der Waals surface area (Å²) in [6, 6.07) is 11.1. The molecule has 0 saturated carbocycles. The van der Waals surface area contributed by atoms with E-state index in [1.54, 1.807) is 19.2 Å². The summed E-state index contributed by atoms with van der Waals surface area (Å²) in [7, 11) is 1.64. The van der Waals surface area contributed by atoms with Crippen LogP contribution in [0.5, 0.6) is 5.75 Å². The molecule has 0 aliphatic rings. The normalized spacial score (nSPS) is 10.9. The number of ether oxygens (including phenoxy) is 1. The molecule has 0 heterocycles. The van der Waals surface area contributed by atoms with Crippen LogP contribution < -0.4 is 4.74 Å². The van der Waals surface area contributed by atoms with E-state index in [9.17, 15) is 0 Å². The Balaban J connectivity index is 2.24. The number of benzene rings is 2. The second kappa shape index (κ2) is 6.33. The van der Waals surface area contributed by atoms with Crippen molar-refractivity contribution in [3.63, 3.8) is 0 Å². The number of methoxy groups -OCH3 is 1. The van der Waals surface area contributed by atoms with E-state index in [-0.39, 0.29) is 0 Å². The minimum atomic E-state index is 0.452. The van der Waals surface area contributed by atoms with E-state index < -0.39 is 0 Å². The lowest BCUT2D eigenvalue weighted by Crippen LogP contribution is -1.81. The van der Waals surface area contributed by atoms with E-state index in [0.29, 0.717) is 15.1 Å². The molecule has 0 atom stereocenters. The van der Waals surface area contributed by atoms with Crippen molar-refractivity contribution in [1.82, 2.24) is 0 Å². The van der Waals surface area contributed by atoms with Gasteiger partial charge in [-0.05, 0) is 35.4 Å². The summed E-state index contributed by atoms with van der Waals surface area (Å²) in [4.78, 5) is 0. The summed E-state index contributed by atoms with van der Waals surface area (Å²) in [5.74, 6) is 0.824. The molecule has 19 heavy (non-hydrogen) atoms. The molecule has 4 heteroatoms. The van der Waals surface area contributed by atoms with Crippen molar-refractivity contribution in [2.45, 2.75) is 0 Å². The van der Waals surface area contributed by atoms with Crippen LogP contribution in [-0.4, -0.2) is 7.11 Å². The van der Waals surface area contributed by atoms with Crippen LogP contribution in [0.1, 0.15) is 11.1 Å². The molecule has 0 bridgehead atoms. The van der Waals surface area contributed by atoms with E-state index in [1.807, 2.05) is 36.4 Å². The Labute approximate surface area is 127 Å². The van der Waals surface area contributed by atoms with Crippen molar-refractivity contribution in [1.29, 1.82) is 0 Å². The summed E-state index contributed by atoms with van der Waals surface area (Å²) < 4.78 is 5.10. The van der Waals surface area contributed by atoms with Crippen LogP contribution in [0.4, 0.5) is 0 Å². The van der Waals surface area contributed by atoms with Crippen LogP contribution in [0.25, 0.3) is 12.2 Å². The Morgan fingerprint density at radius 2 is 1.47 bits per heavy atom. The first-order chi connectivity index (χ1) is 9.10. The lowest BCUT2D eigenvalue weighted by Gasteiger charge is -2.02. The molecule has 0 spiro atoms. The first-order valence-corrected chi connectivity index (χ1v) is 6.70. The van der Waals surface area contributed by atoms with Crippen molar-refractivity contribution in [3.8, 4) is 5.75 Å². The highest BCUT2D eigenvalue weighted by molar-refractivity contribution is 6.43. The number of hydrogen-bond acceptors (Lipinski definition) is 1. The van der Waals surface area contributed by atoms with Crippen LogP contribution >= 0.6 is 34.8 Å². The van der Waals surface area contributed by atoms with Gasteiger partial charge in [-0.3, -0.25) is 0 Å². The van der Waals surface area contributed by atoms with Crippen LogP contribution in [0.15, 0.2) is 36.4 Å². The van der Waals surface area contributed by atoms with Crippen LogP contribution in [0.2, 0.25) is 15.1 Å². The van der Waals surface area contributed by atoms with Gasteiger partial charge in [-0.25, -0.2) is 0 Å². The van der Waals surface area contributed by atoms with Crippen molar-refractivity contribution in [2.24, 2.45) is 0 Å². The largest absolute Gasteiger partial charge is 0.497 e. The highest BCUT2D eigenvalue weighted by Crippen LogP contribution is 2.30. The predicted molar refractivity (Wildman–Crippen MR) is 83.4 cm³/mol. The highest BCUT2D eigenvalue weighted by atomic mass is 35.5. The fourth-order valence-corrected chi connectivity index (χ4v) is 2.18. The molecule has 2 aromatic rings. The summed E-state index contributed by atoms with van der Waals surface area (Å²) in [5, 5.41) is 1.51. The Hall–Kier alpha value is -1.15. The lowest BCUT2D eigenvalue weighted by atomic mass is 10.1. The van der Waals surface area contributed by atoms with E-state index in [4.69, 9.17) is 39.5 Å². The molecule has 0 unspecified atom stereocenters. The summed E-state index contributed by atoms with van der Waals surface area (Å²) in [6.45, 7) is 0. The molecule has 0 aliphatic carbocycles. The van der Waals surface area contributed by atoms with E-state index in [2.05, 4.69) is 0 Å². The maximum absolute atomic E-state index is 6.10. The zero-order valence-electron chi connectivity index (χ0n) is 10.2. The molecule has 0 N–H and O–H groups in total. The van der Waals surface area contributed by atoms with Gasteiger partial charge >= 0.3 is 0 Å². The monoisotopic (exact) mass is 312 g/mol. The average molecular weight is 314 g/mol.